The van der Waals surface area contributed by atoms with Crippen molar-refractivity contribution in [2.75, 3.05) is 10.6 Å². The summed E-state index contributed by atoms with van der Waals surface area (Å²) in [5, 5.41) is 17.3. The lowest BCUT2D eigenvalue weighted by atomic mass is 10.2. The molecule has 2 fully saturated rings. The van der Waals surface area contributed by atoms with Crippen molar-refractivity contribution in [3.63, 3.8) is 0 Å². The summed E-state index contributed by atoms with van der Waals surface area (Å²) in [6.07, 6.45) is 4.69. The molecule has 0 radical (unpaired) electrons. The van der Waals surface area contributed by atoms with Crippen molar-refractivity contribution in [2.24, 2.45) is 0 Å². The van der Waals surface area contributed by atoms with Crippen molar-refractivity contribution in [3.05, 3.63) is 46.1 Å². The fourth-order valence-electron chi connectivity index (χ4n) is 2.41. The van der Waals surface area contributed by atoms with Crippen LogP contribution < -0.4 is 10.6 Å². The third kappa shape index (κ3) is 3.39. The van der Waals surface area contributed by atoms with Crippen molar-refractivity contribution in [3.8, 4) is 0 Å². The number of aromatic nitrogens is 2. The highest BCUT2D eigenvalue weighted by molar-refractivity contribution is 5.59. The Morgan fingerprint density at radius 2 is 1.83 bits per heavy atom. The third-order valence-corrected chi connectivity index (χ3v) is 4.00. The Balaban J connectivity index is 1.56. The SMILES string of the molecule is O=[N+]([O-])c1ccc(Nc2cc(C3CC3)nc(NC3CC3)n2)cc1. The Morgan fingerprint density at radius 1 is 1.09 bits per heavy atom. The van der Waals surface area contributed by atoms with Gasteiger partial charge in [0.25, 0.3) is 5.69 Å². The van der Waals surface area contributed by atoms with E-state index in [1.807, 2.05) is 6.07 Å². The van der Waals surface area contributed by atoms with Crippen molar-refractivity contribution in [2.45, 2.75) is 37.6 Å². The van der Waals surface area contributed by atoms with Crippen LogP contribution in [0.5, 0.6) is 0 Å². The molecule has 0 spiro atoms. The first-order valence-corrected chi connectivity index (χ1v) is 7.84. The monoisotopic (exact) mass is 311 g/mol. The zero-order valence-electron chi connectivity index (χ0n) is 12.5. The predicted molar refractivity (Wildman–Crippen MR) is 87.0 cm³/mol. The number of non-ortho nitro benzene ring substituents is 1. The molecule has 2 saturated carbocycles. The molecule has 0 bridgehead atoms. The van der Waals surface area contributed by atoms with Gasteiger partial charge in [-0.3, -0.25) is 10.1 Å². The van der Waals surface area contributed by atoms with Crippen molar-refractivity contribution in [1.82, 2.24) is 9.97 Å². The molecule has 1 heterocycles. The molecule has 7 nitrogen and oxygen atoms in total. The molecular formula is C16H17N5O2. The number of nitro benzene ring substituents is 1. The normalized spacial score (nSPS) is 16.9. The van der Waals surface area contributed by atoms with Gasteiger partial charge in [-0.15, -0.1) is 0 Å². The molecule has 2 aliphatic rings. The number of nitro groups is 1. The van der Waals surface area contributed by atoms with Gasteiger partial charge in [-0.1, -0.05) is 0 Å². The molecule has 7 heteroatoms. The van der Waals surface area contributed by atoms with Crippen molar-refractivity contribution >= 4 is 23.1 Å². The topological polar surface area (TPSA) is 93.0 Å². The second kappa shape index (κ2) is 5.49. The molecule has 2 aromatic rings. The van der Waals surface area contributed by atoms with E-state index in [1.54, 1.807) is 12.1 Å². The fourth-order valence-corrected chi connectivity index (χ4v) is 2.41. The Labute approximate surface area is 133 Å². The number of hydrogen-bond acceptors (Lipinski definition) is 6. The Bertz CT molecular complexity index is 739. The maximum absolute atomic E-state index is 10.7. The zero-order chi connectivity index (χ0) is 15.8. The summed E-state index contributed by atoms with van der Waals surface area (Å²) in [5.74, 6) is 1.93. The maximum Gasteiger partial charge on any atom is 0.269 e. The maximum atomic E-state index is 10.7. The molecule has 1 aromatic heterocycles. The predicted octanol–water partition coefficient (Wildman–Crippen LogP) is 3.58. The van der Waals surface area contributed by atoms with Crippen LogP contribution in [0.25, 0.3) is 0 Å². The zero-order valence-corrected chi connectivity index (χ0v) is 12.5. The van der Waals surface area contributed by atoms with Crippen LogP contribution >= 0.6 is 0 Å². The van der Waals surface area contributed by atoms with E-state index in [2.05, 4.69) is 20.6 Å². The van der Waals surface area contributed by atoms with Crippen LogP contribution in [0.3, 0.4) is 0 Å². The lowest BCUT2D eigenvalue weighted by molar-refractivity contribution is -0.384. The van der Waals surface area contributed by atoms with Crippen LogP contribution in [0.2, 0.25) is 0 Å². The molecule has 118 valence electrons. The van der Waals surface area contributed by atoms with Gasteiger partial charge in [-0.25, -0.2) is 4.98 Å². The van der Waals surface area contributed by atoms with E-state index in [0.717, 1.165) is 17.2 Å². The van der Waals surface area contributed by atoms with Gasteiger partial charge in [0, 0.05) is 35.8 Å². The van der Waals surface area contributed by atoms with Crippen LogP contribution in [0, 0.1) is 10.1 Å². The first-order valence-electron chi connectivity index (χ1n) is 7.84. The van der Waals surface area contributed by atoms with Crippen LogP contribution in [-0.2, 0) is 0 Å². The molecule has 2 N–H and O–H groups in total. The fraction of sp³-hybridized carbons (Fsp3) is 0.375. The molecular weight excluding hydrogens is 294 g/mol. The van der Waals surface area contributed by atoms with E-state index >= 15 is 0 Å². The van der Waals surface area contributed by atoms with Crippen LogP contribution in [-0.4, -0.2) is 20.9 Å². The van der Waals surface area contributed by atoms with E-state index in [0.29, 0.717) is 17.9 Å². The minimum absolute atomic E-state index is 0.0768. The van der Waals surface area contributed by atoms with Crippen LogP contribution in [0.15, 0.2) is 30.3 Å². The summed E-state index contributed by atoms with van der Waals surface area (Å²) in [4.78, 5) is 19.4. The number of nitrogens with one attached hydrogen (secondary N) is 2. The molecule has 23 heavy (non-hydrogen) atoms. The quantitative estimate of drug-likeness (QED) is 0.625. The van der Waals surface area contributed by atoms with E-state index < -0.39 is 4.92 Å². The standard InChI is InChI=1S/C16H17N5O2/c22-21(23)13-7-5-11(6-8-13)17-15-9-14(10-1-2-10)19-16(20-15)18-12-3-4-12/h5-10,12H,1-4H2,(H2,17,18,19,20). The van der Waals surface area contributed by atoms with Gasteiger partial charge in [0.05, 0.1) is 10.6 Å². The first-order chi connectivity index (χ1) is 11.2. The highest BCUT2D eigenvalue weighted by Crippen LogP contribution is 2.40. The summed E-state index contributed by atoms with van der Waals surface area (Å²) in [6, 6.07) is 8.80. The number of benzene rings is 1. The highest BCUT2D eigenvalue weighted by Gasteiger charge is 2.27. The average Bonchev–Trinajstić information content (AvgIpc) is 3.41. The van der Waals surface area contributed by atoms with Crippen LogP contribution in [0.4, 0.5) is 23.1 Å². The van der Waals surface area contributed by atoms with E-state index in [1.165, 1.54) is 37.8 Å². The van der Waals surface area contributed by atoms with Crippen molar-refractivity contribution in [1.29, 1.82) is 0 Å². The highest BCUT2D eigenvalue weighted by atomic mass is 16.6. The first kappa shape index (κ1) is 13.9. The largest absolute Gasteiger partial charge is 0.351 e. The molecule has 1 aromatic carbocycles. The van der Waals surface area contributed by atoms with Gasteiger partial charge in [-0.2, -0.15) is 4.98 Å². The number of rotatable bonds is 6. The molecule has 0 unspecified atom stereocenters. The second-order valence-corrected chi connectivity index (χ2v) is 6.12. The van der Waals surface area contributed by atoms with Gasteiger partial charge in [-0.05, 0) is 37.8 Å². The number of nitrogens with zero attached hydrogens (tertiary/aromatic N) is 3. The van der Waals surface area contributed by atoms with Gasteiger partial charge in [0.2, 0.25) is 5.95 Å². The molecule has 0 amide bonds. The average molecular weight is 311 g/mol. The van der Waals surface area contributed by atoms with Gasteiger partial charge >= 0.3 is 0 Å². The van der Waals surface area contributed by atoms with Gasteiger partial charge in [0.15, 0.2) is 0 Å². The smallest absolute Gasteiger partial charge is 0.269 e. The summed E-state index contributed by atoms with van der Waals surface area (Å²) in [7, 11) is 0. The van der Waals surface area contributed by atoms with E-state index in [4.69, 9.17) is 0 Å². The van der Waals surface area contributed by atoms with E-state index in [-0.39, 0.29) is 5.69 Å². The van der Waals surface area contributed by atoms with Crippen molar-refractivity contribution < 1.29 is 4.92 Å². The summed E-state index contributed by atoms with van der Waals surface area (Å²) < 4.78 is 0. The Morgan fingerprint density at radius 3 is 2.43 bits per heavy atom. The summed E-state index contributed by atoms with van der Waals surface area (Å²) in [5.41, 5.74) is 1.91. The molecule has 0 aliphatic heterocycles. The van der Waals surface area contributed by atoms with Gasteiger partial charge in [0.1, 0.15) is 5.82 Å². The van der Waals surface area contributed by atoms with Crippen LogP contribution in [0.1, 0.15) is 37.3 Å². The second-order valence-electron chi connectivity index (χ2n) is 6.12. The number of anilines is 3. The number of hydrogen-bond donors (Lipinski definition) is 2. The van der Waals surface area contributed by atoms with Gasteiger partial charge < -0.3 is 10.6 Å². The minimum Gasteiger partial charge on any atom is -0.351 e. The molecule has 0 saturated heterocycles. The lowest BCUT2D eigenvalue weighted by Crippen LogP contribution is -2.08. The molecule has 2 aliphatic carbocycles. The Hall–Kier alpha value is -2.70. The molecule has 4 rings (SSSR count). The minimum atomic E-state index is -0.405. The summed E-state index contributed by atoms with van der Waals surface area (Å²) in [6.45, 7) is 0. The Kier molecular flexibility index (Phi) is 3.33. The summed E-state index contributed by atoms with van der Waals surface area (Å²) >= 11 is 0. The lowest BCUT2D eigenvalue weighted by Gasteiger charge is -2.10. The van der Waals surface area contributed by atoms with E-state index in [9.17, 15) is 10.1 Å². The third-order valence-electron chi connectivity index (χ3n) is 4.00. The molecule has 0 atom stereocenters.